The van der Waals surface area contributed by atoms with Crippen molar-refractivity contribution in [3.8, 4) is 5.75 Å². The van der Waals surface area contributed by atoms with Gasteiger partial charge in [-0.2, -0.15) is 18.2 Å². The Hall–Kier alpha value is -5.15. The number of halogens is 4. The minimum absolute atomic E-state index is 0.0148. The average Bonchev–Trinajstić information content (AvgIpc) is 3.24. The fraction of sp³-hybridized carbons (Fsp3) is 0.174. The van der Waals surface area contributed by atoms with Crippen molar-refractivity contribution in [1.82, 2.24) is 15.0 Å². The molecule has 0 aliphatic heterocycles. The van der Waals surface area contributed by atoms with Crippen LogP contribution >= 0.6 is 0 Å². The molecule has 2 heterocycles. The highest BCUT2D eigenvalue weighted by Gasteiger charge is 2.40. The van der Waals surface area contributed by atoms with Crippen molar-refractivity contribution in [2.24, 2.45) is 0 Å². The van der Waals surface area contributed by atoms with Gasteiger partial charge >= 0.3 is 23.9 Å². The van der Waals surface area contributed by atoms with Crippen molar-refractivity contribution in [2.45, 2.75) is 13.1 Å². The van der Waals surface area contributed by atoms with Gasteiger partial charge in [0.1, 0.15) is 5.56 Å². The molecule has 4 aromatic rings. The van der Waals surface area contributed by atoms with Crippen molar-refractivity contribution in [3.05, 3.63) is 64.0 Å². The average molecular weight is 553 g/mol. The van der Waals surface area contributed by atoms with E-state index < -0.39 is 29.7 Å². The number of aromatic nitrogens is 3. The van der Waals surface area contributed by atoms with Gasteiger partial charge in [-0.1, -0.05) is 0 Å². The lowest BCUT2D eigenvalue weighted by atomic mass is 10.2. The first-order valence-electron chi connectivity index (χ1n) is 10.6. The molecule has 0 amide bonds. The minimum Gasteiger partial charge on any atom is -0.494 e. The third-order valence-electron chi connectivity index (χ3n) is 4.81. The van der Waals surface area contributed by atoms with Crippen LogP contribution in [0.1, 0.15) is 15.9 Å². The number of H-pyrrole nitrogens is 1. The van der Waals surface area contributed by atoms with Crippen LogP contribution in [0.25, 0.3) is 11.1 Å². The molecule has 39 heavy (non-hydrogen) atoms. The maximum absolute atomic E-state index is 14.0. The van der Waals surface area contributed by atoms with Crippen molar-refractivity contribution < 1.29 is 46.1 Å². The highest BCUT2D eigenvalue weighted by atomic mass is 19.4. The van der Waals surface area contributed by atoms with Crippen LogP contribution in [0.4, 0.5) is 40.7 Å². The number of rotatable bonds is 6. The molecule has 12 nitrogen and oxygen atoms in total. The number of fused-ring (bicyclic) bond motifs is 1. The molecule has 16 heteroatoms. The largest absolute Gasteiger partial charge is 0.494 e. The Balaban J connectivity index is 0.000000459. The van der Waals surface area contributed by atoms with Gasteiger partial charge in [0.05, 0.1) is 19.7 Å². The summed E-state index contributed by atoms with van der Waals surface area (Å²) in [6.45, 7) is 1.58. The van der Waals surface area contributed by atoms with E-state index in [0.717, 1.165) is 6.20 Å². The molecule has 0 radical (unpaired) electrons. The summed E-state index contributed by atoms with van der Waals surface area (Å²) in [5, 5.41) is 15.3. The molecule has 4 N–H and O–H groups in total. The molecule has 206 valence electrons. The fourth-order valence-corrected chi connectivity index (χ4v) is 3.06. The Morgan fingerprint density at radius 1 is 1.10 bits per heavy atom. The number of hydrogen-bond acceptors (Lipinski definition) is 10. The number of oxazole rings is 1. The number of aryl methyl sites for hydroxylation is 1. The van der Waals surface area contributed by atoms with Crippen LogP contribution in [0, 0.1) is 12.7 Å². The van der Waals surface area contributed by atoms with Gasteiger partial charge < -0.3 is 29.6 Å². The molecule has 0 atom stereocenters. The number of benzene rings is 2. The van der Waals surface area contributed by atoms with Crippen molar-refractivity contribution >= 4 is 46.2 Å². The zero-order valence-corrected chi connectivity index (χ0v) is 20.3. The molecular formula is C23H19F4N5O7. The van der Waals surface area contributed by atoms with Crippen molar-refractivity contribution in [1.29, 1.82) is 0 Å². The summed E-state index contributed by atoms with van der Waals surface area (Å²) in [5.74, 6) is -4.34. The van der Waals surface area contributed by atoms with Gasteiger partial charge in [0.2, 0.25) is 5.95 Å². The smallest absolute Gasteiger partial charge is 0.490 e. The van der Waals surface area contributed by atoms with E-state index in [-0.39, 0.29) is 23.1 Å². The van der Waals surface area contributed by atoms with Crippen molar-refractivity contribution in [2.75, 3.05) is 24.9 Å². The van der Waals surface area contributed by atoms with Crippen LogP contribution in [0.15, 0.2) is 45.7 Å². The van der Waals surface area contributed by atoms with E-state index >= 15 is 0 Å². The number of carboxylic acid groups (broad SMARTS) is 1. The lowest BCUT2D eigenvalue weighted by Crippen LogP contribution is -2.23. The molecule has 0 aliphatic carbocycles. The van der Waals surface area contributed by atoms with Gasteiger partial charge in [0.15, 0.2) is 23.0 Å². The van der Waals surface area contributed by atoms with Crippen LogP contribution in [0.2, 0.25) is 0 Å². The summed E-state index contributed by atoms with van der Waals surface area (Å²) in [6, 6.07) is 7.73. The molecule has 0 saturated heterocycles. The molecule has 0 bridgehead atoms. The van der Waals surface area contributed by atoms with Crippen molar-refractivity contribution in [3.63, 3.8) is 0 Å². The summed E-state index contributed by atoms with van der Waals surface area (Å²) in [6.07, 6.45) is -3.71. The molecule has 2 aromatic carbocycles. The van der Waals surface area contributed by atoms with Gasteiger partial charge in [-0.25, -0.2) is 23.8 Å². The van der Waals surface area contributed by atoms with E-state index in [4.69, 9.17) is 9.15 Å². The second-order valence-corrected chi connectivity index (χ2v) is 7.54. The highest BCUT2D eigenvalue weighted by Crippen LogP contribution is 2.28. The number of methoxy groups -OCH3 is 2. The van der Waals surface area contributed by atoms with E-state index in [1.807, 2.05) is 0 Å². The van der Waals surface area contributed by atoms with Gasteiger partial charge in [0.25, 0.3) is 0 Å². The number of carbonyl (C=O) groups is 2. The quantitative estimate of drug-likeness (QED) is 0.199. The second kappa shape index (κ2) is 11.5. The lowest BCUT2D eigenvalue weighted by Gasteiger charge is -2.12. The third-order valence-corrected chi connectivity index (χ3v) is 4.81. The number of carboxylic acids is 1. The summed E-state index contributed by atoms with van der Waals surface area (Å²) in [5.41, 5.74) is 1.91. The molecule has 0 spiro atoms. The number of alkyl halides is 3. The van der Waals surface area contributed by atoms with Gasteiger partial charge in [0, 0.05) is 23.6 Å². The molecule has 0 unspecified atom stereocenters. The second-order valence-electron chi connectivity index (χ2n) is 7.54. The zero-order valence-electron chi connectivity index (χ0n) is 20.3. The van der Waals surface area contributed by atoms with Gasteiger partial charge in [-0.15, -0.1) is 0 Å². The summed E-state index contributed by atoms with van der Waals surface area (Å²) >= 11 is 0. The Morgan fingerprint density at radius 3 is 2.41 bits per heavy atom. The number of hydrogen-bond donors (Lipinski definition) is 4. The first-order valence-corrected chi connectivity index (χ1v) is 10.6. The Morgan fingerprint density at radius 2 is 1.82 bits per heavy atom. The van der Waals surface area contributed by atoms with E-state index in [1.54, 1.807) is 31.2 Å². The molecular weight excluding hydrogens is 534 g/mol. The van der Waals surface area contributed by atoms with Gasteiger partial charge in [-0.05, 0) is 36.8 Å². The maximum atomic E-state index is 14.0. The first-order chi connectivity index (χ1) is 18.3. The topological polar surface area (TPSA) is 169 Å². The maximum Gasteiger partial charge on any atom is 0.490 e. The highest BCUT2D eigenvalue weighted by molar-refractivity contribution is 5.94. The van der Waals surface area contributed by atoms with E-state index in [1.165, 1.54) is 13.2 Å². The predicted octanol–water partition coefficient (Wildman–Crippen LogP) is 4.27. The number of anilines is 4. The summed E-state index contributed by atoms with van der Waals surface area (Å²) in [7, 11) is 2.03. The summed E-state index contributed by atoms with van der Waals surface area (Å²) in [4.78, 5) is 43.2. The third kappa shape index (κ3) is 7.00. The molecule has 4 rings (SSSR count). The monoisotopic (exact) mass is 553 g/mol. The molecule has 0 aliphatic rings. The van der Waals surface area contributed by atoms with Crippen LogP contribution < -0.4 is 21.1 Å². The SMILES string of the molecule is COC(=O)C(F)(F)F.COc1cc(Nc2ncc(C(=O)O)c(Nc3ccc4oc(=O)[nH]c4c3)n2)cc(C)c1F. The van der Waals surface area contributed by atoms with Gasteiger partial charge in [-0.3, -0.25) is 4.98 Å². The number of aromatic carboxylic acids is 1. The van der Waals surface area contributed by atoms with E-state index in [9.17, 15) is 37.1 Å². The number of ether oxygens (including phenoxy) is 2. The fourth-order valence-electron chi connectivity index (χ4n) is 3.06. The first kappa shape index (κ1) is 28.4. The molecule has 0 saturated carbocycles. The predicted molar refractivity (Wildman–Crippen MR) is 128 cm³/mol. The summed E-state index contributed by atoms with van der Waals surface area (Å²) < 4.78 is 60.2. The zero-order chi connectivity index (χ0) is 28.9. The number of nitrogens with zero attached hydrogens (tertiary/aromatic N) is 2. The standard InChI is InChI=1S/C20H16FN5O5.C3H3F3O2/c1-9-5-11(7-15(30-2)16(9)21)24-19-22-8-12(18(27)28)17(26-19)23-10-3-4-14-13(6-10)25-20(29)31-14;1-8-2(7)3(4,5)6/h3-8H,1-2H3,(H,25,29)(H,27,28)(H2,22,23,24,26);1H3. The van der Waals surface area contributed by atoms with E-state index in [2.05, 4.69) is 30.3 Å². The van der Waals surface area contributed by atoms with Crippen LogP contribution in [0.3, 0.4) is 0 Å². The number of esters is 1. The molecule has 2 aromatic heterocycles. The molecule has 0 fully saturated rings. The lowest BCUT2D eigenvalue weighted by molar-refractivity contribution is -0.196. The van der Waals surface area contributed by atoms with Crippen LogP contribution in [0.5, 0.6) is 5.75 Å². The minimum atomic E-state index is -4.85. The Labute approximate surface area is 215 Å². The van der Waals surface area contributed by atoms with E-state index in [0.29, 0.717) is 35.1 Å². The normalized spacial score (nSPS) is 10.8. The number of aromatic amines is 1. The van der Waals surface area contributed by atoms with Crippen LogP contribution in [-0.2, 0) is 9.53 Å². The van der Waals surface area contributed by atoms with Crippen LogP contribution in [-0.4, -0.2) is 52.4 Å². The Kier molecular flexibility index (Phi) is 8.37. The Bertz CT molecular complexity index is 1580. The number of carbonyl (C=O) groups excluding carboxylic acids is 1. The number of nitrogens with one attached hydrogen (secondary N) is 3.